The lowest BCUT2D eigenvalue weighted by Gasteiger charge is -2.14. The molecule has 0 aliphatic carbocycles. The topological polar surface area (TPSA) is 69.7 Å². The van der Waals surface area contributed by atoms with Crippen molar-refractivity contribution in [3.63, 3.8) is 0 Å². The lowest BCUT2D eigenvalue weighted by molar-refractivity contribution is 0.112. The van der Waals surface area contributed by atoms with E-state index in [4.69, 9.17) is 20.5 Å². The molecule has 2 rings (SSSR count). The van der Waals surface area contributed by atoms with Crippen molar-refractivity contribution < 1.29 is 22.1 Å². The first-order chi connectivity index (χ1) is 10.9. The molecule has 5 nitrogen and oxygen atoms in total. The Bertz CT molecular complexity index is 819. The Morgan fingerprint density at radius 2 is 1.87 bits per heavy atom. The van der Waals surface area contributed by atoms with Gasteiger partial charge in [-0.1, -0.05) is 11.6 Å². The maximum Gasteiger partial charge on any atom is 0.339 e. The number of ether oxygens (including phenoxy) is 1. The Morgan fingerprint density at radius 1 is 1.22 bits per heavy atom. The zero-order chi connectivity index (χ0) is 17.0. The Kier molecular flexibility index (Phi) is 5.88. The molecule has 0 unspecified atom stereocenters. The molecule has 0 heterocycles. The van der Waals surface area contributed by atoms with Gasteiger partial charge in [0.1, 0.15) is 11.2 Å². The Labute approximate surface area is 152 Å². The lowest BCUT2D eigenvalue weighted by Crippen LogP contribution is -2.12. The van der Waals surface area contributed by atoms with E-state index in [1.807, 2.05) is 22.6 Å². The normalized spacial score (nSPS) is 11.1. The summed E-state index contributed by atoms with van der Waals surface area (Å²) in [5.74, 6) is 0.243. The zero-order valence-electron chi connectivity index (χ0n) is 12.0. The molecule has 0 aliphatic heterocycles. The molecule has 0 bridgehead atoms. The van der Waals surface area contributed by atoms with Gasteiger partial charge in [0, 0.05) is 10.6 Å². The SMILES string of the molecule is CCOc1cc(C=O)cc(I)c1OS(=O)(=O)c1ccc(Cl)cc1. The molecular formula is C15H12ClIO5S. The molecule has 2 aromatic rings. The monoisotopic (exact) mass is 466 g/mol. The first kappa shape index (κ1) is 18.0. The summed E-state index contributed by atoms with van der Waals surface area (Å²) in [6.07, 6.45) is 0.655. The first-order valence-corrected chi connectivity index (χ1v) is 9.35. The van der Waals surface area contributed by atoms with Gasteiger partial charge in [0.2, 0.25) is 0 Å². The maximum atomic E-state index is 12.4. The van der Waals surface area contributed by atoms with Gasteiger partial charge in [-0.25, -0.2) is 0 Å². The molecule has 0 saturated heterocycles. The van der Waals surface area contributed by atoms with E-state index in [0.717, 1.165) is 0 Å². The van der Waals surface area contributed by atoms with Crippen LogP contribution in [0.15, 0.2) is 41.3 Å². The van der Waals surface area contributed by atoms with Gasteiger partial charge in [-0.15, -0.1) is 0 Å². The van der Waals surface area contributed by atoms with E-state index in [1.165, 1.54) is 36.4 Å². The standard InChI is InChI=1S/C15H12ClIO5S/c1-2-21-14-8-10(9-18)7-13(17)15(14)22-23(19,20)12-5-3-11(16)4-6-12/h3-9H,2H2,1H3. The van der Waals surface area contributed by atoms with Crippen molar-refractivity contribution in [1.82, 2.24) is 0 Å². The van der Waals surface area contributed by atoms with Gasteiger partial charge in [-0.3, -0.25) is 4.79 Å². The summed E-state index contributed by atoms with van der Waals surface area (Å²) in [6.45, 7) is 2.05. The summed E-state index contributed by atoms with van der Waals surface area (Å²) in [4.78, 5) is 10.9. The second-order valence-electron chi connectivity index (χ2n) is 4.37. The van der Waals surface area contributed by atoms with Gasteiger partial charge in [0.15, 0.2) is 11.5 Å². The molecule has 2 aromatic carbocycles. The van der Waals surface area contributed by atoms with Crippen molar-refractivity contribution in [2.24, 2.45) is 0 Å². The highest BCUT2D eigenvalue weighted by Crippen LogP contribution is 2.36. The van der Waals surface area contributed by atoms with Crippen LogP contribution in [-0.4, -0.2) is 21.3 Å². The molecule has 0 aromatic heterocycles. The molecule has 122 valence electrons. The second kappa shape index (κ2) is 7.50. The minimum absolute atomic E-state index is 0.0281. The fraction of sp³-hybridized carbons (Fsp3) is 0.133. The van der Waals surface area contributed by atoms with Crippen LogP contribution in [0, 0.1) is 3.57 Å². The van der Waals surface area contributed by atoms with Crippen LogP contribution >= 0.6 is 34.2 Å². The Morgan fingerprint density at radius 3 is 2.43 bits per heavy atom. The van der Waals surface area contributed by atoms with Crippen molar-refractivity contribution in [2.75, 3.05) is 6.61 Å². The Balaban J connectivity index is 2.45. The van der Waals surface area contributed by atoms with Crippen LogP contribution in [0.2, 0.25) is 5.02 Å². The number of rotatable bonds is 6. The van der Waals surface area contributed by atoms with Crippen LogP contribution in [0.25, 0.3) is 0 Å². The van der Waals surface area contributed by atoms with Crippen molar-refractivity contribution in [3.05, 3.63) is 50.6 Å². The van der Waals surface area contributed by atoms with E-state index in [9.17, 15) is 13.2 Å². The number of hydrogen-bond acceptors (Lipinski definition) is 5. The van der Waals surface area contributed by atoms with E-state index in [1.54, 1.807) is 6.92 Å². The molecule has 0 radical (unpaired) electrons. The number of carbonyl (C=O) groups is 1. The number of hydrogen-bond donors (Lipinski definition) is 0. The average molecular weight is 467 g/mol. The fourth-order valence-electron chi connectivity index (χ4n) is 1.76. The quantitative estimate of drug-likeness (QED) is 0.367. The van der Waals surface area contributed by atoms with Crippen LogP contribution in [0.3, 0.4) is 0 Å². The number of benzene rings is 2. The molecule has 0 fully saturated rings. The summed E-state index contributed by atoms with van der Waals surface area (Å²) in [5.41, 5.74) is 0.370. The first-order valence-electron chi connectivity index (χ1n) is 6.49. The summed E-state index contributed by atoms with van der Waals surface area (Å²) < 4.78 is 35.8. The highest BCUT2D eigenvalue weighted by atomic mass is 127. The summed E-state index contributed by atoms with van der Waals surface area (Å²) in [7, 11) is -4.04. The number of halogens is 2. The zero-order valence-corrected chi connectivity index (χ0v) is 15.7. The van der Waals surface area contributed by atoms with Gasteiger partial charge in [0.25, 0.3) is 0 Å². The van der Waals surface area contributed by atoms with Gasteiger partial charge in [-0.2, -0.15) is 8.42 Å². The third-order valence-electron chi connectivity index (χ3n) is 2.76. The summed E-state index contributed by atoms with van der Waals surface area (Å²) in [6, 6.07) is 8.58. The van der Waals surface area contributed by atoms with Gasteiger partial charge < -0.3 is 8.92 Å². The molecule has 23 heavy (non-hydrogen) atoms. The minimum Gasteiger partial charge on any atom is -0.490 e. The fourth-order valence-corrected chi connectivity index (χ4v) is 3.73. The molecule has 0 N–H and O–H groups in total. The highest BCUT2D eigenvalue weighted by molar-refractivity contribution is 14.1. The molecule has 0 atom stereocenters. The predicted molar refractivity (Wildman–Crippen MR) is 95.0 cm³/mol. The third-order valence-corrected chi connectivity index (χ3v) is 5.05. The Hall–Kier alpha value is -1.32. The van der Waals surface area contributed by atoms with Crippen LogP contribution in [0.5, 0.6) is 11.5 Å². The van der Waals surface area contributed by atoms with Crippen LogP contribution in [-0.2, 0) is 10.1 Å². The van der Waals surface area contributed by atoms with E-state index in [-0.39, 0.29) is 16.4 Å². The smallest absolute Gasteiger partial charge is 0.339 e. The van der Waals surface area contributed by atoms with Crippen molar-refractivity contribution in [1.29, 1.82) is 0 Å². The largest absolute Gasteiger partial charge is 0.490 e. The van der Waals surface area contributed by atoms with E-state index in [0.29, 0.717) is 27.0 Å². The number of aldehydes is 1. The lowest BCUT2D eigenvalue weighted by atomic mass is 10.2. The van der Waals surface area contributed by atoms with Crippen LogP contribution in [0.4, 0.5) is 0 Å². The third kappa shape index (κ3) is 4.36. The minimum atomic E-state index is -4.04. The molecule has 8 heteroatoms. The van der Waals surface area contributed by atoms with E-state index >= 15 is 0 Å². The number of carbonyl (C=O) groups excluding carboxylic acids is 1. The molecule has 0 spiro atoms. The summed E-state index contributed by atoms with van der Waals surface area (Å²) >= 11 is 7.65. The van der Waals surface area contributed by atoms with Crippen molar-refractivity contribution >= 4 is 50.6 Å². The van der Waals surface area contributed by atoms with Crippen LogP contribution in [0.1, 0.15) is 17.3 Å². The van der Waals surface area contributed by atoms with Gasteiger partial charge in [0.05, 0.1) is 10.2 Å². The second-order valence-corrected chi connectivity index (χ2v) is 7.52. The van der Waals surface area contributed by atoms with E-state index in [2.05, 4.69) is 0 Å². The van der Waals surface area contributed by atoms with Gasteiger partial charge >= 0.3 is 10.1 Å². The summed E-state index contributed by atoms with van der Waals surface area (Å²) in [5, 5.41) is 0.420. The van der Waals surface area contributed by atoms with Crippen molar-refractivity contribution in [3.8, 4) is 11.5 Å². The van der Waals surface area contributed by atoms with E-state index < -0.39 is 10.1 Å². The average Bonchev–Trinajstić information content (AvgIpc) is 2.51. The molecular weight excluding hydrogens is 455 g/mol. The van der Waals surface area contributed by atoms with Crippen molar-refractivity contribution in [2.45, 2.75) is 11.8 Å². The molecule has 0 amide bonds. The molecule has 0 saturated carbocycles. The van der Waals surface area contributed by atoms with Gasteiger partial charge in [-0.05, 0) is 65.9 Å². The predicted octanol–water partition coefficient (Wildman–Crippen LogP) is 3.92. The van der Waals surface area contributed by atoms with Crippen LogP contribution < -0.4 is 8.92 Å². The molecule has 0 aliphatic rings. The highest BCUT2D eigenvalue weighted by Gasteiger charge is 2.22. The maximum absolute atomic E-state index is 12.4.